The molecular formula is C27H37F2N3O4S. The maximum Gasteiger partial charge on any atom is 0.242 e. The van der Waals surface area contributed by atoms with E-state index in [-0.39, 0.29) is 49.4 Å². The number of hydrogen-bond acceptors (Lipinski definition) is 4. The van der Waals surface area contributed by atoms with Gasteiger partial charge in [0.05, 0.1) is 11.9 Å². The monoisotopic (exact) mass is 537 g/mol. The number of carbonyl (C=O) groups is 2. The van der Waals surface area contributed by atoms with Crippen molar-refractivity contribution in [1.29, 1.82) is 0 Å². The van der Waals surface area contributed by atoms with Crippen molar-refractivity contribution in [2.75, 3.05) is 23.7 Å². The van der Waals surface area contributed by atoms with E-state index in [2.05, 4.69) is 5.32 Å². The molecule has 2 rings (SSSR count). The lowest BCUT2D eigenvalue weighted by Gasteiger charge is -2.31. The lowest BCUT2D eigenvalue weighted by molar-refractivity contribution is -0.141. The van der Waals surface area contributed by atoms with Crippen LogP contribution < -0.4 is 9.62 Å². The van der Waals surface area contributed by atoms with Gasteiger partial charge in [-0.05, 0) is 43.4 Å². The Morgan fingerprint density at radius 1 is 1.05 bits per heavy atom. The van der Waals surface area contributed by atoms with E-state index < -0.39 is 27.7 Å². The smallest absolute Gasteiger partial charge is 0.242 e. The zero-order valence-electron chi connectivity index (χ0n) is 22.1. The second-order valence-electron chi connectivity index (χ2n) is 9.61. The highest BCUT2D eigenvalue weighted by molar-refractivity contribution is 7.92. The molecule has 2 amide bonds. The highest BCUT2D eigenvalue weighted by Crippen LogP contribution is 2.22. The average Bonchev–Trinajstić information content (AvgIpc) is 2.81. The van der Waals surface area contributed by atoms with Gasteiger partial charge in [-0.3, -0.25) is 13.9 Å². The van der Waals surface area contributed by atoms with Crippen LogP contribution in [0.15, 0.2) is 42.5 Å². The SMILES string of the molecule is CC[C@H](C(=O)NCC(C)C)N(Cc1cccc(C)c1)C(=O)CCCN(c1ccc(F)c(F)c1)S(C)(=O)=O. The number of anilines is 1. The van der Waals surface area contributed by atoms with Gasteiger partial charge in [0.15, 0.2) is 11.6 Å². The van der Waals surface area contributed by atoms with Crippen molar-refractivity contribution in [3.05, 3.63) is 65.2 Å². The van der Waals surface area contributed by atoms with Gasteiger partial charge < -0.3 is 10.2 Å². The number of carbonyl (C=O) groups excluding carboxylic acids is 2. The van der Waals surface area contributed by atoms with Crippen LogP contribution in [0.1, 0.15) is 51.2 Å². The van der Waals surface area contributed by atoms with Crippen molar-refractivity contribution in [3.63, 3.8) is 0 Å². The molecule has 37 heavy (non-hydrogen) atoms. The van der Waals surface area contributed by atoms with E-state index in [0.29, 0.717) is 13.0 Å². The minimum Gasteiger partial charge on any atom is -0.354 e. The Kier molecular flexibility index (Phi) is 11.0. The molecule has 2 aromatic rings. The first-order chi connectivity index (χ1) is 17.3. The fraction of sp³-hybridized carbons (Fsp3) is 0.481. The molecule has 0 saturated heterocycles. The number of nitrogens with one attached hydrogen (secondary N) is 1. The fourth-order valence-electron chi connectivity index (χ4n) is 3.99. The first-order valence-corrected chi connectivity index (χ1v) is 14.2. The predicted molar refractivity (Wildman–Crippen MR) is 141 cm³/mol. The highest BCUT2D eigenvalue weighted by Gasteiger charge is 2.29. The van der Waals surface area contributed by atoms with Crippen LogP contribution in [0.3, 0.4) is 0 Å². The maximum atomic E-state index is 13.7. The first kappa shape index (κ1) is 30.2. The minimum absolute atomic E-state index is 0.0232. The molecule has 0 aliphatic heterocycles. The number of sulfonamides is 1. The van der Waals surface area contributed by atoms with Crippen LogP contribution in [-0.4, -0.2) is 50.5 Å². The Hall–Kier alpha value is -3.01. The van der Waals surface area contributed by atoms with E-state index in [4.69, 9.17) is 0 Å². The molecule has 0 radical (unpaired) electrons. The fourth-order valence-corrected chi connectivity index (χ4v) is 4.95. The van der Waals surface area contributed by atoms with Crippen molar-refractivity contribution >= 4 is 27.5 Å². The molecule has 10 heteroatoms. The third-order valence-corrected chi connectivity index (χ3v) is 7.04. The van der Waals surface area contributed by atoms with Gasteiger partial charge in [-0.1, -0.05) is 50.6 Å². The second kappa shape index (κ2) is 13.5. The molecule has 1 atom stereocenters. The van der Waals surface area contributed by atoms with E-state index in [1.165, 1.54) is 11.0 Å². The summed E-state index contributed by atoms with van der Waals surface area (Å²) in [4.78, 5) is 27.9. The van der Waals surface area contributed by atoms with Gasteiger partial charge in [0.25, 0.3) is 0 Å². The van der Waals surface area contributed by atoms with Crippen molar-refractivity contribution in [3.8, 4) is 0 Å². The summed E-state index contributed by atoms with van der Waals surface area (Å²) < 4.78 is 52.7. The quantitative estimate of drug-likeness (QED) is 0.410. The second-order valence-corrected chi connectivity index (χ2v) is 11.5. The molecule has 0 aliphatic rings. The first-order valence-electron chi connectivity index (χ1n) is 12.4. The van der Waals surface area contributed by atoms with Gasteiger partial charge >= 0.3 is 0 Å². The highest BCUT2D eigenvalue weighted by atomic mass is 32.2. The summed E-state index contributed by atoms with van der Waals surface area (Å²) in [6.07, 6.45) is 1.47. The summed E-state index contributed by atoms with van der Waals surface area (Å²) in [5.41, 5.74) is 1.88. The summed E-state index contributed by atoms with van der Waals surface area (Å²) in [6, 6.07) is 9.84. The van der Waals surface area contributed by atoms with Crippen LogP contribution in [0.5, 0.6) is 0 Å². The number of benzene rings is 2. The number of hydrogen-bond donors (Lipinski definition) is 1. The third kappa shape index (κ3) is 9.10. The zero-order valence-corrected chi connectivity index (χ0v) is 22.9. The lowest BCUT2D eigenvalue weighted by atomic mass is 10.1. The summed E-state index contributed by atoms with van der Waals surface area (Å²) in [6.45, 7) is 8.36. The molecule has 0 unspecified atom stereocenters. The molecule has 0 aliphatic carbocycles. The van der Waals surface area contributed by atoms with Crippen molar-refractivity contribution in [2.45, 2.75) is 59.5 Å². The molecule has 0 aromatic heterocycles. The minimum atomic E-state index is -3.81. The molecule has 1 N–H and O–H groups in total. The van der Waals surface area contributed by atoms with Crippen LogP contribution in [0, 0.1) is 24.5 Å². The maximum absolute atomic E-state index is 13.7. The largest absolute Gasteiger partial charge is 0.354 e. The van der Waals surface area contributed by atoms with E-state index in [9.17, 15) is 26.8 Å². The molecule has 0 bridgehead atoms. The number of nitrogens with zero attached hydrogens (tertiary/aromatic N) is 2. The molecule has 7 nitrogen and oxygen atoms in total. The molecular weight excluding hydrogens is 500 g/mol. The molecule has 0 heterocycles. The third-order valence-electron chi connectivity index (χ3n) is 5.85. The topological polar surface area (TPSA) is 86.8 Å². The number of aryl methyl sites for hydroxylation is 1. The van der Waals surface area contributed by atoms with Gasteiger partial charge in [0, 0.05) is 32.1 Å². The Morgan fingerprint density at radius 3 is 2.32 bits per heavy atom. The zero-order chi connectivity index (χ0) is 27.8. The molecule has 0 spiro atoms. The molecule has 2 aromatic carbocycles. The van der Waals surface area contributed by atoms with Crippen LogP contribution in [0.4, 0.5) is 14.5 Å². The van der Waals surface area contributed by atoms with Gasteiger partial charge in [-0.25, -0.2) is 17.2 Å². The van der Waals surface area contributed by atoms with Gasteiger partial charge in [0.1, 0.15) is 6.04 Å². The summed E-state index contributed by atoms with van der Waals surface area (Å²) >= 11 is 0. The summed E-state index contributed by atoms with van der Waals surface area (Å²) in [5, 5.41) is 2.90. The van der Waals surface area contributed by atoms with Crippen molar-refractivity contribution < 1.29 is 26.8 Å². The number of halogens is 2. The van der Waals surface area contributed by atoms with E-state index in [0.717, 1.165) is 33.8 Å². The van der Waals surface area contributed by atoms with E-state index in [1.54, 1.807) is 0 Å². The average molecular weight is 538 g/mol. The van der Waals surface area contributed by atoms with Crippen LogP contribution in [0.25, 0.3) is 0 Å². The number of amides is 2. The van der Waals surface area contributed by atoms with Gasteiger partial charge in [-0.2, -0.15) is 0 Å². The van der Waals surface area contributed by atoms with Crippen LogP contribution in [-0.2, 0) is 26.2 Å². The number of rotatable bonds is 13. The van der Waals surface area contributed by atoms with Gasteiger partial charge in [-0.15, -0.1) is 0 Å². The van der Waals surface area contributed by atoms with Crippen molar-refractivity contribution in [1.82, 2.24) is 10.2 Å². The lowest BCUT2D eigenvalue weighted by Crippen LogP contribution is -2.49. The van der Waals surface area contributed by atoms with Gasteiger partial charge in [0.2, 0.25) is 21.8 Å². The normalized spacial score (nSPS) is 12.3. The predicted octanol–water partition coefficient (Wildman–Crippen LogP) is 4.40. The van der Waals surface area contributed by atoms with E-state index >= 15 is 0 Å². The Balaban J connectivity index is 2.23. The van der Waals surface area contributed by atoms with Crippen molar-refractivity contribution in [2.24, 2.45) is 5.92 Å². The Morgan fingerprint density at radius 2 is 1.76 bits per heavy atom. The summed E-state index contributed by atoms with van der Waals surface area (Å²) in [5.74, 6) is -2.53. The van der Waals surface area contributed by atoms with Crippen LogP contribution >= 0.6 is 0 Å². The standard InChI is InChI=1S/C27H37F2N3O4S/c1-6-25(27(34)30-17-19(2)3)31(18-21-10-7-9-20(4)15-21)26(33)11-8-14-32(37(5,35)36)22-12-13-23(28)24(29)16-22/h7,9-10,12-13,15-16,19,25H,6,8,11,14,17-18H2,1-5H3,(H,30,34)/t25-/m1/s1. The van der Waals surface area contributed by atoms with Crippen LogP contribution in [0.2, 0.25) is 0 Å². The van der Waals surface area contributed by atoms with E-state index in [1.807, 2.05) is 52.0 Å². The Bertz CT molecular complexity index is 1190. The Labute approximate surface area is 218 Å². The molecule has 0 saturated carbocycles. The molecule has 0 fully saturated rings. The summed E-state index contributed by atoms with van der Waals surface area (Å²) in [7, 11) is -3.81. The molecule has 204 valence electrons.